The molecule has 1 aromatic heterocycles. The average molecular weight is 664 g/mol. The number of methoxy groups -OCH3 is 1. The summed E-state index contributed by atoms with van der Waals surface area (Å²) in [4.78, 5) is 28.3. The molecule has 13 heteroatoms. The van der Waals surface area contributed by atoms with E-state index in [1.807, 2.05) is 0 Å². The molecule has 0 unspecified atom stereocenters. The first kappa shape index (κ1) is 32.9. The number of rotatable bonds is 12. The third kappa shape index (κ3) is 7.42. The fourth-order valence-corrected chi connectivity index (χ4v) is 5.59. The van der Waals surface area contributed by atoms with E-state index in [1.165, 1.54) is 55.8 Å². The molecule has 48 heavy (non-hydrogen) atoms. The van der Waals surface area contributed by atoms with Gasteiger partial charge in [-0.15, -0.1) is 0 Å². The number of hydrogen-bond donors (Lipinski definition) is 3. The van der Waals surface area contributed by atoms with Crippen molar-refractivity contribution < 1.29 is 47.3 Å². The molecule has 0 radical (unpaired) electrons. The van der Waals surface area contributed by atoms with Crippen LogP contribution in [-0.4, -0.2) is 68.5 Å². The quantitative estimate of drug-likeness (QED) is 0.0809. The number of ether oxygens (including phenoxy) is 4. The van der Waals surface area contributed by atoms with Crippen molar-refractivity contribution in [3.63, 3.8) is 0 Å². The van der Waals surface area contributed by atoms with Crippen LogP contribution in [0.1, 0.15) is 25.7 Å². The van der Waals surface area contributed by atoms with Crippen LogP contribution in [0.15, 0.2) is 66.9 Å². The molecule has 3 N–H and O–H groups in total. The van der Waals surface area contributed by atoms with Crippen LogP contribution in [0.5, 0.6) is 23.0 Å². The van der Waals surface area contributed by atoms with Crippen molar-refractivity contribution in [2.45, 2.75) is 25.7 Å². The lowest BCUT2D eigenvalue weighted by Crippen LogP contribution is -2.35. The second-order valence-electron chi connectivity index (χ2n) is 11.8. The zero-order valence-electron chi connectivity index (χ0n) is 26.5. The molecule has 0 bridgehead atoms. The first-order chi connectivity index (χ1) is 23.3. The van der Waals surface area contributed by atoms with Gasteiger partial charge in [-0.2, -0.15) is 0 Å². The smallest absolute Gasteiger partial charge is 0.272 e. The Morgan fingerprint density at radius 1 is 0.917 bits per heavy atom. The summed E-state index contributed by atoms with van der Waals surface area (Å²) in [5, 5.41) is 16.3. The van der Waals surface area contributed by atoms with Gasteiger partial charge in [0, 0.05) is 54.5 Å². The van der Waals surface area contributed by atoms with Crippen molar-refractivity contribution in [2.24, 2.45) is 5.41 Å². The van der Waals surface area contributed by atoms with Gasteiger partial charge in [-0.05, 0) is 62.1 Å². The monoisotopic (exact) mass is 663 g/mol. The fourth-order valence-electron chi connectivity index (χ4n) is 5.59. The van der Waals surface area contributed by atoms with E-state index < -0.39 is 28.9 Å². The Hall–Kier alpha value is -5.01. The van der Waals surface area contributed by atoms with Crippen molar-refractivity contribution in [1.82, 2.24) is 4.90 Å². The molecule has 252 valence electrons. The Morgan fingerprint density at radius 2 is 1.67 bits per heavy atom. The highest BCUT2D eigenvalue weighted by atomic mass is 19.1. The topological polar surface area (TPSA) is 122 Å². The van der Waals surface area contributed by atoms with Gasteiger partial charge in [-0.1, -0.05) is 0 Å². The number of halogens is 2. The van der Waals surface area contributed by atoms with E-state index in [1.54, 1.807) is 12.1 Å². The number of amides is 2. The Balaban J connectivity index is 1.12. The number of anilines is 2. The van der Waals surface area contributed by atoms with Gasteiger partial charge in [0.1, 0.15) is 17.0 Å². The largest absolute Gasteiger partial charge is 0.493 e. The predicted molar refractivity (Wildman–Crippen MR) is 172 cm³/mol. The minimum atomic E-state index is -1.30. The van der Waals surface area contributed by atoms with Crippen molar-refractivity contribution in [3.05, 3.63) is 78.5 Å². The van der Waals surface area contributed by atoms with Crippen LogP contribution in [0, 0.1) is 17.0 Å². The third-order valence-electron chi connectivity index (χ3n) is 8.48. The van der Waals surface area contributed by atoms with Crippen LogP contribution >= 0.6 is 0 Å². The summed E-state index contributed by atoms with van der Waals surface area (Å²) < 4.78 is 52.5. The lowest BCUT2D eigenvalue weighted by atomic mass is 10.0. The van der Waals surface area contributed by atoms with Crippen LogP contribution in [0.25, 0.3) is 10.9 Å². The second kappa shape index (κ2) is 14.4. The van der Waals surface area contributed by atoms with E-state index in [9.17, 15) is 19.2 Å². The van der Waals surface area contributed by atoms with Gasteiger partial charge >= 0.3 is 0 Å². The molecule has 3 aromatic carbocycles. The number of carbonyl (C=O) groups is 2. The van der Waals surface area contributed by atoms with Gasteiger partial charge in [0.2, 0.25) is 18.0 Å². The number of carbonyl (C=O) groups excluding carboxylic acids is 2. The molecule has 2 fully saturated rings. The van der Waals surface area contributed by atoms with E-state index in [-0.39, 0.29) is 17.2 Å². The molecule has 1 saturated carbocycles. The van der Waals surface area contributed by atoms with Gasteiger partial charge < -0.3 is 34.5 Å². The van der Waals surface area contributed by atoms with Gasteiger partial charge in [0.05, 0.1) is 37.8 Å². The molecule has 2 aliphatic rings. The SMILES string of the molecule is COc1cc2c(Oc3ccc(NC(=O)C4(C(=O)Nc5ccc(F)cc5)CC4)cc3F)cc[n+](O)c2cc1OCCCN1CCCOCC1. The zero-order chi connectivity index (χ0) is 33.7. The number of nitrogens with zero attached hydrogens (tertiary/aromatic N) is 2. The molecular formula is C35H37F2N4O7+. The van der Waals surface area contributed by atoms with Gasteiger partial charge in [-0.25, -0.2) is 8.78 Å². The minimum Gasteiger partial charge on any atom is -0.493 e. The standard InChI is InChI=1S/C35H36F2N4O7/c1-45-31-21-26-28(22-32(31)47-18-3-14-40-13-2-17-46-19-16-40)41(44)15-10-29(26)48-30-9-8-25(20-27(30)37)39-34(43)35(11-12-35)33(42)38-24-6-4-23(36)5-7-24/h4-10,15,20-22H,2-3,11-14,16-19H2,1H3,(H2-,38,39,42,43,44)/p+1. The van der Waals surface area contributed by atoms with Crippen LogP contribution in [0.2, 0.25) is 0 Å². The summed E-state index contributed by atoms with van der Waals surface area (Å²) in [5.74, 6) is -1.32. The van der Waals surface area contributed by atoms with Gasteiger partial charge in [0.25, 0.3) is 5.52 Å². The first-order valence-corrected chi connectivity index (χ1v) is 15.8. The Morgan fingerprint density at radius 3 is 2.40 bits per heavy atom. The van der Waals surface area contributed by atoms with Crippen LogP contribution in [0.3, 0.4) is 0 Å². The highest BCUT2D eigenvalue weighted by Crippen LogP contribution is 2.47. The first-order valence-electron chi connectivity index (χ1n) is 15.8. The van der Waals surface area contributed by atoms with E-state index in [4.69, 9.17) is 18.9 Å². The molecule has 2 amide bonds. The number of benzene rings is 3. The molecule has 1 aliphatic heterocycles. The van der Waals surface area contributed by atoms with Gasteiger partial charge in [0.15, 0.2) is 23.1 Å². The third-order valence-corrected chi connectivity index (χ3v) is 8.48. The molecule has 1 aliphatic carbocycles. The highest BCUT2D eigenvalue weighted by Gasteiger charge is 2.56. The summed E-state index contributed by atoms with van der Waals surface area (Å²) in [7, 11) is 1.51. The normalized spacial score (nSPS) is 15.7. The average Bonchev–Trinajstić information content (AvgIpc) is 3.93. The Bertz CT molecular complexity index is 1790. The van der Waals surface area contributed by atoms with Crippen molar-refractivity contribution >= 4 is 34.1 Å². The van der Waals surface area contributed by atoms with Crippen LogP contribution < -0.4 is 29.6 Å². The van der Waals surface area contributed by atoms with Crippen molar-refractivity contribution in [3.8, 4) is 23.0 Å². The van der Waals surface area contributed by atoms with Gasteiger partial charge in [-0.3, -0.25) is 14.8 Å². The lowest BCUT2D eigenvalue weighted by molar-refractivity contribution is -0.884. The molecule has 11 nitrogen and oxygen atoms in total. The van der Waals surface area contributed by atoms with Crippen LogP contribution in [-0.2, 0) is 14.3 Å². The molecule has 4 aromatic rings. The molecule has 6 rings (SSSR count). The van der Waals surface area contributed by atoms with Crippen LogP contribution in [0.4, 0.5) is 20.2 Å². The number of hydrogen-bond acceptors (Lipinski definition) is 8. The highest BCUT2D eigenvalue weighted by molar-refractivity contribution is 6.16. The zero-order valence-corrected chi connectivity index (χ0v) is 26.5. The maximum absolute atomic E-state index is 15.3. The number of aromatic nitrogens is 1. The van der Waals surface area contributed by atoms with Crippen molar-refractivity contribution in [2.75, 3.05) is 57.2 Å². The summed E-state index contributed by atoms with van der Waals surface area (Å²) in [6.07, 6.45) is 3.82. The second-order valence-corrected chi connectivity index (χ2v) is 11.8. The maximum Gasteiger partial charge on any atom is 0.272 e. The maximum atomic E-state index is 15.3. The summed E-state index contributed by atoms with van der Waals surface area (Å²) in [6.45, 7) is 4.71. The van der Waals surface area contributed by atoms with E-state index in [2.05, 4.69) is 15.5 Å². The summed E-state index contributed by atoms with van der Waals surface area (Å²) in [5.41, 5.74) is -0.438. The summed E-state index contributed by atoms with van der Waals surface area (Å²) >= 11 is 0. The van der Waals surface area contributed by atoms with Crippen molar-refractivity contribution in [1.29, 1.82) is 0 Å². The minimum absolute atomic E-state index is 0.126. The molecular weight excluding hydrogens is 626 g/mol. The molecule has 1 saturated heterocycles. The predicted octanol–water partition coefficient (Wildman–Crippen LogP) is 5.29. The van der Waals surface area contributed by atoms with E-state index >= 15 is 4.39 Å². The number of pyridine rings is 1. The Kier molecular flexibility index (Phi) is 9.88. The molecule has 0 spiro atoms. The van der Waals surface area contributed by atoms with E-state index in [0.717, 1.165) is 56.5 Å². The molecule has 2 heterocycles. The number of nitrogens with one attached hydrogen (secondary N) is 2. The lowest BCUT2D eigenvalue weighted by Gasteiger charge is -2.19. The van der Waals surface area contributed by atoms with E-state index in [0.29, 0.717) is 47.5 Å². The Labute approximate surface area is 275 Å². The number of fused-ring (bicyclic) bond motifs is 1. The fraction of sp³-hybridized carbons (Fsp3) is 0.343. The summed E-state index contributed by atoms with van der Waals surface area (Å²) in [6, 6.07) is 13.9. The molecule has 0 atom stereocenters.